The molecule has 0 spiro atoms. The molecule has 2 atom stereocenters. The van der Waals surface area contributed by atoms with Crippen LogP contribution in [0.2, 0.25) is 0 Å². The smallest absolute Gasteiger partial charge is 0.263 e. The van der Waals surface area contributed by atoms with Crippen molar-refractivity contribution in [2.24, 2.45) is 0 Å². The quantitative estimate of drug-likeness (QED) is 0.908. The van der Waals surface area contributed by atoms with E-state index < -0.39 is 0 Å². The molecule has 1 N–H and O–H groups in total. The lowest BCUT2D eigenvalue weighted by atomic mass is 9.98. The van der Waals surface area contributed by atoms with Crippen molar-refractivity contribution in [3.8, 4) is 0 Å². The number of aryl methyl sites for hydroxylation is 2. The Kier molecular flexibility index (Phi) is 3.11. The zero-order chi connectivity index (χ0) is 13.7. The lowest BCUT2D eigenvalue weighted by molar-refractivity contribution is 0.0686. The molecular formula is C16H22N2OS. The first kappa shape index (κ1) is 12.8. The summed E-state index contributed by atoms with van der Waals surface area (Å²) in [6.07, 6.45) is 8.44. The summed E-state index contributed by atoms with van der Waals surface area (Å²) < 4.78 is 0. The van der Waals surface area contributed by atoms with Crippen LogP contribution in [0.1, 0.15) is 52.2 Å². The van der Waals surface area contributed by atoms with Gasteiger partial charge in [0.25, 0.3) is 5.91 Å². The van der Waals surface area contributed by atoms with Crippen LogP contribution in [0.4, 0.5) is 0 Å². The highest BCUT2D eigenvalue weighted by atomic mass is 32.1. The first-order valence-electron chi connectivity index (χ1n) is 7.85. The first-order valence-corrected chi connectivity index (χ1v) is 8.67. The molecule has 2 aliphatic heterocycles. The summed E-state index contributed by atoms with van der Waals surface area (Å²) in [7, 11) is 2.00. The maximum absolute atomic E-state index is 12.7. The molecule has 108 valence electrons. The van der Waals surface area contributed by atoms with Gasteiger partial charge in [0, 0.05) is 30.1 Å². The van der Waals surface area contributed by atoms with Gasteiger partial charge in [0.2, 0.25) is 0 Å². The van der Waals surface area contributed by atoms with E-state index in [1.54, 1.807) is 11.3 Å². The highest BCUT2D eigenvalue weighted by Crippen LogP contribution is 2.33. The second-order valence-corrected chi connectivity index (χ2v) is 7.73. The van der Waals surface area contributed by atoms with Crippen molar-refractivity contribution >= 4 is 17.2 Å². The van der Waals surface area contributed by atoms with Crippen LogP contribution in [0.3, 0.4) is 0 Å². The van der Waals surface area contributed by atoms with Crippen molar-refractivity contribution in [3.63, 3.8) is 0 Å². The van der Waals surface area contributed by atoms with Gasteiger partial charge in [-0.25, -0.2) is 0 Å². The van der Waals surface area contributed by atoms with Crippen LogP contribution < -0.4 is 5.32 Å². The van der Waals surface area contributed by atoms with Gasteiger partial charge >= 0.3 is 0 Å². The number of nitrogens with zero attached hydrogens (tertiary/aromatic N) is 1. The van der Waals surface area contributed by atoms with E-state index in [0.717, 1.165) is 17.7 Å². The Morgan fingerprint density at radius 1 is 1.30 bits per heavy atom. The minimum Gasteiger partial charge on any atom is -0.338 e. The molecule has 3 heterocycles. The monoisotopic (exact) mass is 290 g/mol. The second-order valence-electron chi connectivity index (χ2n) is 6.59. The summed E-state index contributed by atoms with van der Waals surface area (Å²) in [5, 5.41) is 3.65. The minimum atomic E-state index is 0.246. The number of piperidine rings is 1. The molecule has 0 aromatic carbocycles. The van der Waals surface area contributed by atoms with Crippen molar-refractivity contribution in [1.82, 2.24) is 10.2 Å². The molecular weight excluding hydrogens is 268 g/mol. The normalized spacial score (nSPS) is 31.4. The summed E-state index contributed by atoms with van der Waals surface area (Å²) >= 11 is 1.73. The Bertz CT molecular complexity index is 505. The van der Waals surface area contributed by atoms with Crippen LogP contribution in [0.5, 0.6) is 0 Å². The number of carbonyl (C=O) groups is 1. The van der Waals surface area contributed by atoms with Crippen molar-refractivity contribution in [2.45, 2.75) is 63.1 Å². The van der Waals surface area contributed by atoms with Gasteiger partial charge in [-0.3, -0.25) is 4.79 Å². The number of fused-ring (bicyclic) bond motifs is 3. The van der Waals surface area contributed by atoms with E-state index in [1.165, 1.54) is 42.5 Å². The van der Waals surface area contributed by atoms with Gasteiger partial charge in [0.05, 0.1) is 4.88 Å². The second kappa shape index (κ2) is 4.85. The summed E-state index contributed by atoms with van der Waals surface area (Å²) in [5.41, 5.74) is 1.43. The summed E-state index contributed by atoms with van der Waals surface area (Å²) in [6, 6.07) is 3.87. The molecule has 4 rings (SSSR count). The van der Waals surface area contributed by atoms with Gasteiger partial charge in [-0.05, 0) is 56.6 Å². The van der Waals surface area contributed by atoms with Crippen molar-refractivity contribution < 1.29 is 4.79 Å². The van der Waals surface area contributed by atoms with Gasteiger partial charge < -0.3 is 10.2 Å². The topological polar surface area (TPSA) is 32.3 Å². The average molecular weight is 290 g/mol. The van der Waals surface area contributed by atoms with Gasteiger partial charge in [-0.1, -0.05) is 0 Å². The number of nitrogens with one attached hydrogen (secondary N) is 1. The lowest BCUT2D eigenvalue weighted by Crippen LogP contribution is -2.48. The molecule has 0 saturated carbocycles. The Morgan fingerprint density at radius 2 is 2.05 bits per heavy atom. The van der Waals surface area contributed by atoms with Gasteiger partial charge in [0.1, 0.15) is 0 Å². The molecule has 2 saturated heterocycles. The van der Waals surface area contributed by atoms with Crippen molar-refractivity contribution in [2.75, 3.05) is 7.05 Å². The molecule has 2 fully saturated rings. The third-order valence-corrected chi connectivity index (χ3v) is 6.50. The van der Waals surface area contributed by atoms with Crippen LogP contribution in [0.15, 0.2) is 6.07 Å². The summed E-state index contributed by atoms with van der Waals surface area (Å²) in [6.45, 7) is 0. The van der Waals surface area contributed by atoms with Crippen LogP contribution in [0, 0.1) is 0 Å². The minimum absolute atomic E-state index is 0.246. The molecule has 2 bridgehead atoms. The number of hydrogen-bond acceptors (Lipinski definition) is 3. The first-order chi connectivity index (χ1) is 9.70. The Balaban J connectivity index is 1.49. The maximum atomic E-state index is 12.7. The molecule has 4 heteroatoms. The molecule has 2 unspecified atom stereocenters. The van der Waals surface area contributed by atoms with E-state index in [0.29, 0.717) is 18.1 Å². The van der Waals surface area contributed by atoms with Crippen LogP contribution in [-0.2, 0) is 12.8 Å². The fraction of sp³-hybridized carbons (Fsp3) is 0.688. The SMILES string of the molecule is CN(C(=O)c1cc2c(s1)CCC2)C1CC2CCC(C1)N2. The zero-order valence-electron chi connectivity index (χ0n) is 12.0. The number of rotatable bonds is 2. The van der Waals surface area contributed by atoms with E-state index in [4.69, 9.17) is 0 Å². The lowest BCUT2D eigenvalue weighted by Gasteiger charge is -2.35. The van der Waals surface area contributed by atoms with Gasteiger partial charge in [0.15, 0.2) is 0 Å². The average Bonchev–Trinajstić information content (AvgIpc) is 3.11. The van der Waals surface area contributed by atoms with Gasteiger partial charge in [-0.2, -0.15) is 0 Å². The third kappa shape index (κ3) is 2.09. The number of carbonyl (C=O) groups excluding carboxylic acids is 1. The fourth-order valence-electron chi connectivity index (χ4n) is 4.12. The number of hydrogen-bond donors (Lipinski definition) is 1. The van der Waals surface area contributed by atoms with E-state index in [9.17, 15) is 4.79 Å². The van der Waals surface area contributed by atoms with Crippen LogP contribution >= 0.6 is 11.3 Å². The van der Waals surface area contributed by atoms with E-state index in [2.05, 4.69) is 11.4 Å². The molecule has 1 amide bonds. The third-order valence-electron chi connectivity index (χ3n) is 5.27. The Morgan fingerprint density at radius 3 is 2.75 bits per heavy atom. The Labute approximate surface area is 124 Å². The van der Waals surface area contributed by atoms with Crippen molar-refractivity contribution in [3.05, 3.63) is 21.4 Å². The molecule has 3 nitrogen and oxygen atoms in total. The number of amides is 1. The number of thiophene rings is 1. The van der Waals surface area contributed by atoms with E-state index >= 15 is 0 Å². The highest BCUT2D eigenvalue weighted by molar-refractivity contribution is 7.14. The molecule has 3 aliphatic rings. The van der Waals surface area contributed by atoms with Crippen LogP contribution in [-0.4, -0.2) is 36.0 Å². The standard InChI is InChI=1S/C16H22N2OS/c1-18(13-8-11-5-6-12(9-13)17-11)16(19)15-7-10-3-2-4-14(10)20-15/h7,11-13,17H,2-6,8-9H2,1H3. The predicted octanol–water partition coefficient (Wildman–Crippen LogP) is 2.59. The summed E-state index contributed by atoms with van der Waals surface area (Å²) in [5.74, 6) is 0.246. The van der Waals surface area contributed by atoms with E-state index in [-0.39, 0.29) is 5.91 Å². The Hall–Kier alpha value is -0.870. The molecule has 1 aromatic heterocycles. The molecule has 1 aromatic rings. The molecule has 1 aliphatic carbocycles. The zero-order valence-corrected chi connectivity index (χ0v) is 12.8. The largest absolute Gasteiger partial charge is 0.338 e. The van der Waals surface area contributed by atoms with Crippen LogP contribution in [0.25, 0.3) is 0 Å². The van der Waals surface area contributed by atoms with Crippen molar-refractivity contribution in [1.29, 1.82) is 0 Å². The highest BCUT2D eigenvalue weighted by Gasteiger charge is 2.36. The molecule has 20 heavy (non-hydrogen) atoms. The van der Waals surface area contributed by atoms with Gasteiger partial charge in [-0.15, -0.1) is 11.3 Å². The fourth-order valence-corrected chi connectivity index (χ4v) is 5.35. The molecule has 0 radical (unpaired) electrons. The summed E-state index contributed by atoms with van der Waals surface area (Å²) in [4.78, 5) is 17.1. The maximum Gasteiger partial charge on any atom is 0.263 e. The van der Waals surface area contributed by atoms with E-state index in [1.807, 2.05) is 11.9 Å². The predicted molar refractivity (Wildman–Crippen MR) is 81.4 cm³/mol.